The molecule has 0 aromatic heterocycles. The maximum atomic E-state index is 10.5. The van der Waals surface area contributed by atoms with E-state index in [4.69, 9.17) is 15.6 Å². The number of nitro groups is 1. The number of aliphatic hydroxyl groups is 1. The van der Waals surface area contributed by atoms with Crippen LogP contribution in [0.3, 0.4) is 0 Å². The van der Waals surface area contributed by atoms with Gasteiger partial charge in [-0.3, -0.25) is 10.1 Å². The van der Waals surface area contributed by atoms with E-state index >= 15 is 0 Å². The number of nitrogens with two attached hydrogens (primary N) is 1. The Labute approximate surface area is 98.3 Å². The minimum absolute atomic E-state index is 0.0142. The number of ether oxygens (including phenoxy) is 1. The summed E-state index contributed by atoms with van der Waals surface area (Å²) in [4.78, 5) is 9.99. The van der Waals surface area contributed by atoms with Gasteiger partial charge in [0.05, 0.1) is 36.1 Å². The fourth-order valence-corrected chi connectivity index (χ4v) is 1.25. The third kappa shape index (κ3) is 4.25. The molecule has 0 atom stereocenters. The average Bonchev–Trinajstić information content (AvgIpc) is 2.30. The number of non-ortho nitro benzene ring substituents is 1. The van der Waals surface area contributed by atoms with Crippen LogP contribution in [-0.4, -0.2) is 36.4 Å². The lowest BCUT2D eigenvalue weighted by Gasteiger charge is -2.09. The van der Waals surface area contributed by atoms with Crippen LogP contribution in [0.2, 0.25) is 0 Å². The van der Waals surface area contributed by atoms with Gasteiger partial charge in [-0.1, -0.05) is 0 Å². The number of aliphatic hydroxyl groups excluding tert-OH is 1. The van der Waals surface area contributed by atoms with Crippen LogP contribution in [0.4, 0.5) is 17.1 Å². The second kappa shape index (κ2) is 6.66. The van der Waals surface area contributed by atoms with Crippen LogP contribution < -0.4 is 11.1 Å². The summed E-state index contributed by atoms with van der Waals surface area (Å²) in [6.07, 6.45) is 0. The lowest BCUT2D eigenvalue weighted by Crippen LogP contribution is -2.12. The molecule has 1 aromatic carbocycles. The summed E-state index contributed by atoms with van der Waals surface area (Å²) in [5, 5.41) is 21.9. The van der Waals surface area contributed by atoms with Crippen molar-refractivity contribution in [3.05, 3.63) is 28.3 Å². The average molecular weight is 241 g/mol. The molecule has 0 saturated carbocycles. The molecule has 0 aliphatic carbocycles. The molecule has 0 fully saturated rings. The van der Waals surface area contributed by atoms with E-state index in [-0.39, 0.29) is 18.9 Å². The van der Waals surface area contributed by atoms with E-state index in [0.29, 0.717) is 24.5 Å². The van der Waals surface area contributed by atoms with Gasteiger partial charge in [-0.2, -0.15) is 0 Å². The maximum absolute atomic E-state index is 10.5. The zero-order valence-electron chi connectivity index (χ0n) is 9.26. The van der Waals surface area contributed by atoms with Gasteiger partial charge in [-0.15, -0.1) is 0 Å². The van der Waals surface area contributed by atoms with Crippen molar-refractivity contribution in [3.8, 4) is 0 Å². The van der Waals surface area contributed by atoms with Crippen LogP contribution in [0.25, 0.3) is 0 Å². The SMILES string of the molecule is Nc1cc([N+](=O)[O-])ccc1NCCOCCO. The first kappa shape index (κ1) is 13.2. The molecule has 0 spiro atoms. The van der Waals surface area contributed by atoms with E-state index in [1.165, 1.54) is 12.1 Å². The molecule has 0 unspecified atom stereocenters. The van der Waals surface area contributed by atoms with Crippen LogP contribution in [0.5, 0.6) is 0 Å². The van der Waals surface area contributed by atoms with Crippen molar-refractivity contribution in [2.24, 2.45) is 0 Å². The zero-order valence-corrected chi connectivity index (χ0v) is 9.26. The first-order chi connectivity index (χ1) is 8.15. The lowest BCUT2D eigenvalue weighted by atomic mass is 10.2. The Kier molecular flexibility index (Phi) is 5.18. The van der Waals surface area contributed by atoms with Gasteiger partial charge >= 0.3 is 0 Å². The summed E-state index contributed by atoms with van der Waals surface area (Å²) >= 11 is 0. The topological polar surface area (TPSA) is 111 Å². The zero-order chi connectivity index (χ0) is 12.7. The Morgan fingerprint density at radius 1 is 1.47 bits per heavy atom. The summed E-state index contributed by atoms with van der Waals surface area (Å²) in [6, 6.07) is 4.24. The first-order valence-electron chi connectivity index (χ1n) is 5.11. The molecule has 0 aliphatic heterocycles. The first-order valence-corrected chi connectivity index (χ1v) is 5.11. The molecule has 0 saturated heterocycles. The van der Waals surface area contributed by atoms with Crippen molar-refractivity contribution in [2.45, 2.75) is 0 Å². The highest BCUT2D eigenvalue weighted by Gasteiger charge is 2.07. The van der Waals surface area contributed by atoms with E-state index in [1.807, 2.05) is 0 Å². The number of nitrogen functional groups attached to an aromatic ring is 1. The van der Waals surface area contributed by atoms with Gasteiger partial charge in [-0.25, -0.2) is 0 Å². The number of nitrogens with zero attached hydrogens (tertiary/aromatic N) is 1. The van der Waals surface area contributed by atoms with E-state index < -0.39 is 4.92 Å². The number of nitro benzene ring substituents is 1. The molecule has 0 amide bonds. The largest absolute Gasteiger partial charge is 0.397 e. The Bertz CT molecular complexity index is 384. The van der Waals surface area contributed by atoms with Crippen molar-refractivity contribution in [1.82, 2.24) is 0 Å². The third-order valence-electron chi connectivity index (χ3n) is 2.04. The Balaban J connectivity index is 2.46. The molecule has 4 N–H and O–H groups in total. The molecule has 0 bridgehead atoms. The van der Waals surface area contributed by atoms with Gasteiger partial charge in [0.15, 0.2) is 0 Å². The fourth-order valence-electron chi connectivity index (χ4n) is 1.25. The number of benzene rings is 1. The highest BCUT2D eigenvalue weighted by Crippen LogP contribution is 2.23. The molecule has 0 aliphatic rings. The smallest absolute Gasteiger partial charge is 0.271 e. The molecule has 1 rings (SSSR count). The quantitative estimate of drug-likeness (QED) is 0.279. The van der Waals surface area contributed by atoms with Crippen molar-refractivity contribution in [1.29, 1.82) is 0 Å². The number of rotatable bonds is 7. The lowest BCUT2D eigenvalue weighted by molar-refractivity contribution is -0.384. The molecular weight excluding hydrogens is 226 g/mol. The number of hydrogen-bond donors (Lipinski definition) is 3. The highest BCUT2D eigenvalue weighted by atomic mass is 16.6. The Morgan fingerprint density at radius 3 is 2.82 bits per heavy atom. The van der Waals surface area contributed by atoms with E-state index in [2.05, 4.69) is 5.32 Å². The number of anilines is 2. The van der Waals surface area contributed by atoms with Gasteiger partial charge in [0.1, 0.15) is 0 Å². The molecule has 7 nitrogen and oxygen atoms in total. The molecule has 7 heteroatoms. The van der Waals surface area contributed by atoms with Gasteiger partial charge < -0.3 is 20.9 Å². The normalized spacial score (nSPS) is 10.2. The Hall–Kier alpha value is -1.86. The summed E-state index contributed by atoms with van der Waals surface area (Å²) in [6.45, 7) is 1.22. The predicted molar refractivity (Wildman–Crippen MR) is 63.9 cm³/mol. The van der Waals surface area contributed by atoms with Crippen LogP contribution in [0.1, 0.15) is 0 Å². The van der Waals surface area contributed by atoms with Crippen molar-refractivity contribution in [2.75, 3.05) is 37.4 Å². The van der Waals surface area contributed by atoms with Crippen molar-refractivity contribution >= 4 is 17.1 Å². The monoisotopic (exact) mass is 241 g/mol. The van der Waals surface area contributed by atoms with E-state index in [9.17, 15) is 10.1 Å². The van der Waals surface area contributed by atoms with Crippen LogP contribution in [0.15, 0.2) is 18.2 Å². The van der Waals surface area contributed by atoms with Gasteiger partial charge in [-0.05, 0) is 6.07 Å². The minimum atomic E-state index is -0.496. The van der Waals surface area contributed by atoms with Gasteiger partial charge in [0, 0.05) is 18.7 Å². The standard InChI is InChI=1S/C10H15N3O4/c11-9-7-8(13(15)16)1-2-10(9)12-3-5-17-6-4-14/h1-2,7,12,14H,3-6,11H2. The molecule has 17 heavy (non-hydrogen) atoms. The summed E-state index contributed by atoms with van der Waals surface area (Å²) < 4.78 is 5.04. The molecule has 0 heterocycles. The second-order valence-corrected chi connectivity index (χ2v) is 3.29. The Morgan fingerprint density at radius 2 is 2.24 bits per heavy atom. The van der Waals surface area contributed by atoms with Crippen molar-refractivity contribution in [3.63, 3.8) is 0 Å². The maximum Gasteiger partial charge on any atom is 0.271 e. The predicted octanol–water partition coefficient (Wildman–Crippen LogP) is 0.598. The second-order valence-electron chi connectivity index (χ2n) is 3.29. The molecule has 94 valence electrons. The molecular formula is C10H15N3O4. The minimum Gasteiger partial charge on any atom is -0.397 e. The number of nitrogens with one attached hydrogen (secondary N) is 1. The van der Waals surface area contributed by atoms with Crippen molar-refractivity contribution < 1.29 is 14.8 Å². The highest BCUT2D eigenvalue weighted by molar-refractivity contribution is 5.69. The van der Waals surface area contributed by atoms with Gasteiger partial charge in [0.25, 0.3) is 5.69 Å². The summed E-state index contributed by atoms with van der Waals surface area (Å²) in [5.74, 6) is 0. The van der Waals surface area contributed by atoms with Crippen LogP contribution >= 0.6 is 0 Å². The van der Waals surface area contributed by atoms with E-state index in [0.717, 1.165) is 0 Å². The van der Waals surface area contributed by atoms with Crippen LogP contribution in [-0.2, 0) is 4.74 Å². The van der Waals surface area contributed by atoms with E-state index in [1.54, 1.807) is 6.07 Å². The van der Waals surface area contributed by atoms with Gasteiger partial charge in [0.2, 0.25) is 0 Å². The third-order valence-corrected chi connectivity index (χ3v) is 2.04. The summed E-state index contributed by atoms with van der Waals surface area (Å²) in [5.41, 5.74) is 6.56. The van der Waals surface area contributed by atoms with Crippen LogP contribution in [0, 0.1) is 10.1 Å². The molecule has 0 radical (unpaired) electrons. The molecule has 1 aromatic rings. The summed E-state index contributed by atoms with van der Waals surface area (Å²) in [7, 11) is 0. The fraction of sp³-hybridized carbons (Fsp3) is 0.400. The number of hydrogen-bond acceptors (Lipinski definition) is 6.